The maximum absolute atomic E-state index is 12.8. The number of hydrogen-bond donors (Lipinski definition) is 0. The fourth-order valence-electron chi connectivity index (χ4n) is 3.32. The molecule has 1 aliphatic heterocycles. The Bertz CT molecular complexity index is 945. The van der Waals surface area contributed by atoms with Crippen LogP contribution in [0.5, 0.6) is 5.75 Å². The van der Waals surface area contributed by atoms with E-state index < -0.39 is 16.5 Å². The molecule has 1 atom stereocenters. The lowest BCUT2D eigenvalue weighted by Gasteiger charge is -2.23. The molecule has 3 rings (SSSR count). The molecular formula is C21H23ClN2O6. The number of aromatic nitrogens is 1. The highest BCUT2D eigenvalue weighted by atomic mass is 35.5. The quantitative estimate of drug-likeness (QED) is 0.259. The van der Waals surface area contributed by atoms with Gasteiger partial charge >= 0.3 is 5.97 Å². The molecule has 0 saturated heterocycles. The Balaban J connectivity index is 1.76. The highest BCUT2D eigenvalue weighted by Crippen LogP contribution is 2.41. The Morgan fingerprint density at radius 3 is 2.73 bits per heavy atom. The van der Waals surface area contributed by atoms with Crippen molar-refractivity contribution in [3.05, 3.63) is 68.0 Å². The molecule has 1 aromatic heterocycles. The van der Waals surface area contributed by atoms with Crippen molar-refractivity contribution in [1.29, 1.82) is 0 Å². The summed E-state index contributed by atoms with van der Waals surface area (Å²) in [4.78, 5) is 31.8. The topological polar surface area (TPSA) is 101 Å². The summed E-state index contributed by atoms with van der Waals surface area (Å²) < 4.78 is 11.7. The first-order valence-corrected chi connectivity index (χ1v) is 9.92. The van der Waals surface area contributed by atoms with Crippen molar-refractivity contribution in [3.63, 3.8) is 0 Å². The van der Waals surface area contributed by atoms with E-state index in [9.17, 15) is 14.9 Å². The van der Waals surface area contributed by atoms with Crippen LogP contribution in [0.2, 0.25) is 5.02 Å². The third-order valence-corrected chi connectivity index (χ3v) is 5.34. The van der Waals surface area contributed by atoms with Gasteiger partial charge in [0, 0.05) is 22.3 Å². The minimum absolute atomic E-state index is 0.0678. The lowest BCUT2D eigenvalue weighted by atomic mass is 9.88. The molecule has 0 fully saturated rings. The molecule has 2 heterocycles. The second-order valence-corrected chi connectivity index (χ2v) is 8.22. The van der Waals surface area contributed by atoms with Crippen LogP contribution in [0.15, 0.2) is 30.5 Å². The first-order chi connectivity index (χ1) is 14.2. The molecule has 0 aliphatic carbocycles. The molecule has 0 N–H and O–H groups in total. The van der Waals surface area contributed by atoms with Gasteiger partial charge in [0.25, 0.3) is 5.09 Å². The lowest BCUT2D eigenvalue weighted by molar-refractivity contribution is -0.757. The fraction of sp³-hybridized carbons (Fsp3) is 0.429. The molecule has 30 heavy (non-hydrogen) atoms. The summed E-state index contributed by atoms with van der Waals surface area (Å²) in [5.41, 5.74) is 2.33. The molecule has 2 aromatic rings. The van der Waals surface area contributed by atoms with E-state index in [1.54, 1.807) is 39.1 Å². The van der Waals surface area contributed by atoms with Crippen molar-refractivity contribution in [2.75, 3.05) is 6.61 Å². The van der Waals surface area contributed by atoms with E-state index in [1.807, 2.05) is 12.1 Å². The van der Waals surface area contributed by atoms with Crippen molar-refractivity contribution in [3.8, 4) is 5.75 Å². The van der Waals surface area contributed by atoms with E-state index in [4.69, 9.17) is 21.1 Å². The Morgan fingerprint density at radius 1 is 1.37 bits per heavy atom. The van der Waals surface area contributed by atoms with Gasteiger partial charge in [-0.25, -0.2) is 0 Å². The minimum Gasteiger partial charge on any atom is -0.424 e. The highest BCUT2D eigenvalue weighted by Gasteiger charge is 2.34. The van der Waals surface area contributed by atoms with Crippen LogP contribution in [0, 0.1) is 22.5 Å². The molecular weight excluding hydrogens is 412 g/mol. The van der Waals surface area contributed by atoms with Gasteiger partial charge in [-0.1, -0.05) is 23.7 Å². The number of aryl methyl sites for hydroxylation is 1. The number of ether oxygens (including phenoxy) is 2. The summed E-state index contributed by atoms with van der Waals surface area (Å²) >= 11 is 5.97. The molecule has 0 radical (unpaired) electrons. The van der Waals surface area contributed by atoms with Gasteiger partial charge in [0.2, 0.25) is 0 Å². The second kappa shape index (κ2) is 8.97. The van der Waals surface area contributed by atoms with Crippen LogP contribution >= 0.6 is 11.6 Å². The van der Waals surface area contributed by atoms with Crippen LogP contribution in [0.1, 0.15) is 55.2 Å². The lowest BCUT2D eigenvalue weighted by Crippen LogP contribution is -2.30. The molecule has 0 saturated carbocycles. The number of benzene rings is 1. The van der Waals surface area contributed by atoms with Gasteiger partial charge in [-0.3, -0.25) is 9.78 Å². The van der Waals surface area contributed by atoms with Gasteiger partial charge in [-0.2, -0.15) is 0 Å². The zero-order valence-corrected chi connectivity index (χ0v) is 17.8. The zero-order chi connectivity index (χ0) is 21.9. The summed E-state index contributed by atoms with van der Waals surface area (Å²) in [7, 11) is 0. The van der Waals surface area contributed by atoms with E-state index in [0.29, 0.717) is 35.9 Å². The molecule has 1 aliphatic rings. The van der Waals surface area contributed by atoms with E-state index in [0.717, 1.165) is 16.7 Å². The Morgan fingerprint density at radius 2 is 2.07 bits per heavy atom. The predicted octanol–water partition coefficient (Wildman–Crippen LogP) is 4.58. The molecule has 0 spiro atoms. The van der Waals surface area contributed by atoms with E-state index in [1.165, 1.54) is 0 Å². The van der Waals surface area contributed by atoms with Gasteiger partial charge in [-0.15, -0.1) is 10.1 Å². The number of nitrogens with zero attached hydrogens (tertiary/aromatic N) is 2. The van der Waals surface area contributed by atoms with Crippen molar-refractivity contribution < 1.29 is 24.2 Å². The number of fused-ring (bicyclic) bond motifs is 1. The van der Waals surface area contributed by atoms with Crippen LogP contribution in [0.25, 0.3) is 0 Å². The van der Waals surface area contributed by atoms with E-state index in [2.05, 4.69) is 9.82 Å². The summed E-state index contributed by atoms with van der Waals surface area (Å²) in [6, 6.07) is 7.38. The van der Waals surface area contributed by atoms with E-state index >= 15 is 0 Å². The van der Waals surface area contributed by atoms with Crippen molar-refractivity contribution in [2.45, 2.75) is 46.3 Å². The van der Waals surface area contributed by atoms with Crippen molar-refractivity contribution in [2.24, 2.45) is 5.41 Å². The summed E-state index contributed by atoms with van der Waals surface area (Å²) in [6.45, 7) is 5.48. The Labute approximate surface area is 179 Å². The van der Waals surface area contributed by atoms with Crippen molar-refractivity contribution in [1.82, 2.24) is 4.98 Å². The van der Waals surface area contributed by atoms with Crippen LogP contribution in [0.3, 0.4) is 0 Å². The van der Waals surface area contributed by atoms with E-state index in [-0.39, 0.29) is 12.7 Å². The van der Waals surface area contributed by atoms with Gasteiger partial charge < -0.3 is 14.3 Å². The maximum Gasteiger partial charge on any atom is 0.316 e. The number of rotatable bonds is 8. The Kier molecular flexibility index (Phi) is 6.58. The summed E-state index contributed by atoms with van der Waals surface area (Å²) in [5, 5.41) is 10.1. The highest BCUT2D eigenvalue weighted by molar-refractivity contribution is 6.30. The number of carbonyl (C=O) groups is 1. The first kappa shape index (κ1) is 22.0. The number of hydrogen-bond acceptors (Lipinski definition) is 7. The molecule has 0 bridgehead atoms. The average Bonchev–Trinajstić information content (AvgIpc) is 3.12. The minimum atomic E-state index is -0.843. The maximum atomic E-state index is 12.8. The molecule has 0 amide bonds. The van der Waals surface area contributed by atoms with Gasteiger partial charge in [0.1, 0.15) is 6.10 Å². The molecule has 1 unspecified atom stereocenters. The number of pyridine rings is 1. The third kappa shape index (κ3) is 4.88. The van der Waals surface area contributed by atoms with Gasteiger partial charge in [-0.05, 0) is 51.3 Å². The predicted molar refractivity (Wildman–Crippen MR) is 109 cm³/mol. The smallest absolute Gasteiger partial charge is 0.316 e. The monoisotopic (exact) mass is 434 g/mol. The second-order valence-electron chi connectivity index (χ2n) is 7.78. The van der Waals surface area contributed by atoms with Crippen LogP contribution in [-0.4, -0.2) is 22.6 Å². The Hall–Kier alpha value is -2.71. The molecule has 9 heteroatoms. The standard InChI is InChI=1S/C21H23ClN2O6/c1-13-18(30-20(25)21(2,3)9-4-10-29-24(26)27)17-12-28-19(16(17)11-23-13)14-5-7-15(22)8-6-14/h5-8,11,19H,4,9-10,12H2,1-3H3. The van der Waals surface area contributed by atoms with Crippen LogP contribution in [-0.2, 0) is 21.0 Å². The van der Waals surface area contributed by atoms with Crippen molar-refractivity contribution >= 4 is 17.6 Å². The third-order valence-electron chi connectivity index (χ3n) is 5.09. The summed E-state index contributed by atoms with van der Waals surface area (Å²) in [5.74, 6) is -0.0274. The first-order valence-electron chi connectivity index (χ1n) is 9.54. The van der Waals surface area contributed by atoms with Crippen LogP contribution < -0.4 is 4.74 Å². The molecule has 1 aromatic carbocycles. The fourth-order valence-corrected chi connectivity index (χ4v) is 3.44. The number of esters is 1. The van der Waals surface area contributed by atoms with Gasteiger partial charge in [0.15, 0.2) is 5.75 Å². The van der Waals surface area contributed by atoms with Gasteiger partial charge in [0.05, 0.1) is 24.3 Å². The zero-order valence-electron chi connectivity index (χ0n) is 17.0. The molecule has 8 nitrogen and oxygen atoms in total. The SMILES string of the molecule is Cc1ncc2c(c1OC(=O)C(C)(C)CCCO[N+](=O)[O-])COC2c1ccc(Cl)cc1. The number of carbonyl (C=O) groups excluding carboxylic acids is 1. The van der Waals surface area contributed by atoms with Crippen LogP contribution in [0.4, 0.5) is 0 Å². The number of halogens is 1. The largest absolute Gasteiger partial charge is 0.424 e. The normalized spacial score (nSPS) is 15.5. The summed E-state index contributed by atoms with van der Waals surface area (Å²) in [6.07, 6.45) is 2.17. The molecule has 160 valence electrons. The average molecular weight is 435 g/mol.